The molecule has 2 aromatic heterocycles. The molecule has 2 aliphatic heterocycles. The van der Waals surface area contributed by atoms with E-state index in [1.54, 1.807) is 36.4 Å². The fraction of sp³-hybridized carbons (Fsp3) is 0.250. The molecule has 4 aromatic rings. The number of methoxy groups -OCH3 is 2. The molecule has 6 rings (SSSR count). The first kappa shape index (κ1) is 38.5. The molecular formula is C32H33ClN4O12S2. The van der Waals surface area contributed by atoms with E-state index in [0.29, 0.717) is 40.6 Å². The molecule has 0 spiro atoms. The Labute approximate surface area is 298 Å². The minimum absolute atomic E-state index is 0.0138. The van der Waals surface area contributed by atoms with E-state index in [-0.39, 0.29) is 20.1 Å². The van der Waals surface area contributed by atoms with Crippen LogP contribution in [0.25, 0.3) is 0 Å². The largest absolute Gasteiger partial charge is 0.465 e. The number of rotatable bonds is 9. The van der Waals surface area contributed by atoms with Crippen molar-refractivity contribution in [3.8, 4) is 23.0 Å². The summed E-state index contributed by atoms with van der Waals surface area (Å²) in [6.07, 6.45) is 4.89. The Hall–Kier alpha value is -5.33. The van der Waals surface area contributed by atoms with Crippen LogP contribution in [0.15, 0.2) is 73.1 Å². The normalized spacial score (nSPS) is 12.3. The number of nitrogens with one attached hydrogen (secondary N) is 1. The van der Waals surface area contributed by atoms with Gasteiger partial charge in [-0.15, -0.1) is 0 Å². The van der Waals surface area contributed by atoms with Gasteiger partial charge in [-0.25, -0.2) is 26.4 Å². The van der Waals surface area contributed by atoms with E-state index in [9.17, 15) is 26.4 Å². The maximum atomic E-state index is 12.2. The van der Waals surface area contributed by atoms with E-state index >= 15 is 0 Å². The lowest BCUT2D eigenvalue weighted by Gasteiger charge is -2.22. The number of carbonyl (C=O) groups is 2. The van der Waals surface area contributed by atoms with E-state index in [1.165, 1.54) is 37.0 Å². The predicted molar refractivity (Wildman–Crippen MR) is 185 cm³/mol. The highest BCUT2D eigenvalue weighted by molar-refractivity contribution is 8.13. The molecular weight excluding hydrogens is 732 g/mol. The lowest BCUT2D eigenvalue weighted by molar-refractivity contribution is 0.0591. The third kappa shape index (κ3) is 11.6. The maximum absolute atomic E-state index is 12.2. The van der Waals surface area contributed by atoms with Gasteiger partial charge in [0.2, 0.25) is 32.7 Å². The Morgan fingerprint density at radius 3 is 1.73 bits per heavy atom. The maximum Gasteiger partial charge on any atom is 0.339 e. The topological polar surface area (TPSA) is 199 Å². The summed E-state index contributed by atoms with van der Waals surface area (Å²) in [6, 6.07) is 17.1. The number of esters is 2. The van der Waals surface area contributed by atoms with Gasteiger partial charge in [0.15, 0.2) is 23.0 Å². The van der Waals surface area contributed by atoms with Gasteiger partial charge < -0.3 is 33.7 Å². The summed E-state index contributed by atoms with van der Waals surface area (Å²) in [7, 11) is 0.372. The minimum atomic E-state index is -3.56. The van der Waals surface area contributed by atoms with Crippen LogP contribution in [0.3, 0.4) is 0 Å². The molecule has 272 valence electrons. The van der Waals surface area contributed by atoms with Crippen LogP contribution in [-0.4, -0.2) is 79.1 Å². The van der Waals surface area contributed by atoms with Gasteiger partial charge in [0.05, 0.1) is 68.0 Å². The number of anilines is 2. The number of pyridine rings is 2. The summed E-state index contributed by atoms with van der Waals surface area (Å²) >= 11 is 0. The first-order valence-corrected chi connectivity index (χ1v) is 19.2. The summed E-state index contributed by atoms with van der Waals surface area (Å²) in [5.74, 6) is 1.64. The standard InChI is InChI=1S/C16H16N2O6S.C15H14N2O4.CH3ClO2S/c1-22-16(19)11-3-4-12(17-8-11)9-18(25(2,20)21)13-5-6-14-15(7-13)24-10-23-14;1-19-15(18)10-2-3-12(16-7-10)8-17-11-4-5-13-14(6-11)21-9-20-13;1-5(2,3)4/h3-8H,9-10H2,1-2H3;2-7,17H,8-9H2,1H3;1H3. The number of sulfonamides is 1. The van der Waals surface area contributed by atoms with Crippen LogP contribution in [0, 0.1) is 0 Å². The molecule has 51 heavy (non-hydrogen) atoms. The van der Waals surface area contributed by atoms with Crippen molar-refractivity contribution in [2.75, 3.05) is 49.9 Å². The van der Waals surface area contributed by atoms with Crippen LogP contribution in [0.4, 0.5) is 11.4 Å². The number of fused-ring (bicyclic) bond motifs is 2. The molecule has 0 bridgehead atoms. The molecule has 16 nitrogen and oxygen atoms in total. The van der Waals surface area contributed by atoms with Crippen LogP contribution in [0.1, 0.15) is 32.1 Å². The second-order valence-electron chi connectivity index (χ2n) is 10.5. The molecule has 19 heteroatoms. The van der Waals surface area contributed by atoms with Gasteiger partial charge in [0.25, 0.3) is 0 Å². The summed E-state index contributed by atoms with van der Waals surface area (Å²) in [5, 5.41) is 3.24. The second-order valence-corrected chi connectivity index (χ2v) is 15.4. The van der Waals surface area contributed by atoms with E-state index in [0.717, 1.165) is 35.4 Å². The molecule has 0 unspecified atom stereocenters. The fourth-order valence-electron chi connectivity index (χ4n) is 4.31. The van der Waals surface area contributed by atoms with Gasteiger partial charge in [-0.05, 0) is 48.5 Å². The first-order chi connectivity index (χ1) is 24.1. The number of aromatic nitrogens is 2. The zero-order valence-electron chi connectivity index (χ0n) is 27.7. The Morgan fingerprint density at radius 2 is 1.24 bits per heavy atom. The van der Waals surface area contributed by atoms with Crippen molar-refractivity contribution in [3.63, 3.8) is 0 Å². The summed E-state index contributed by atoms with van der Waals surface area (Å²) < 4.78 is 74.8. The Bertz CT molecular complexity index is 2060. The number of halogens is 1. The van der Waals surface area contributed by atoms with Crippen molar-refractivity contribution in [2.45, 2.75) is 13.1 Å². The van der Waals surface area contributed by atoms with Crippen LogP contribution >= 0.6 is 10.7 Å². The van der Waals surface area contributed by atoms with Gasteiger partial charge in [-0.1, -0.05) is 0 Å². The lowest BCUT2D eigenvalue weighted by Crippen LogP contribution is -2.29. The highest BCUT2D eigenvalue weighted by Crippen LogP contribution is 2.37. The molecule has 0 amide bonds. The Kier molecular flexibility index (Phi) is 12.9. The van der Waals surface area contributed by atoms with Crippen LogP contribution in [0.2, 0.25) is 0 Å². The lowest BCUT2D eigenvalue weighted by atomic mass is 10.2. The quantitative estimate of drug-likeness (QED) is 0.190. The van der Waals surface area contributed by atoms with Crippen molar-refractivity contribution >= 4 is 53.1 Å². The average Bonchev–Trinajstić information content (AvgIpc) is 3.78. The molecule has 0 atom stereocenters. The second kappa shape index (κ2) is 17.1. The minimum Gasteiger partial charge on any atom is -0.465 e. The smallest absolute Gasteiger partial charge is 0.339 e. The highest BCUT2D eigenvalue weighted by Gasteiger charge is 2.22. The third-order valence-electron chi connectivity index (χ3n) is 6.69. The number of nitrogens with zero attached hydrogens (tertiary/aromatic N) is 3. The molecule has 2 aliphatic rings. The summed E-state index contributed by atoms with van der Waals surface area (Å²) in [6.45, 7) is 0.921. The van der Waals surface area contributed by atoms with Crippen molar-refractivity contribution in [1.29, 1.82) is 0 Å². The van der Waals surface area contributed by atoms with Crippen molar-refractivity contribution in [3.05, 3.63) is 95.6 Å². The van der Waals surface area contributed by atoms with Crippen LogP contribution in [-0.2, 0) is 41.6 Å². The molecule has 0 radical (unpaired) electrons. The average molecular weight is 765 g/mol. The summed E-state index contributed by atoms with van der Waals surface area (Å²) in [4.78, 5) is 31.1. The van der Waals surface area contributed by atoms with Crippen molar-refractivity contribution < 1.29 is 54.8 Å². The molecule has 2 aromatic carbocycles. The number of ether oxygens (including phenoxy) is 6. The van der Waals surface area contributed by atoms with E-state index < -0.39 is 31.0 Å². The van der Waals surface area contributed by atoms with Gasteiger partial charge in [-0.2, -0.15) is 0 Å². The van der Waals surface area contributed by atoms with Crippen molar-refractivity contribution in [2.24, 2.45) is 0 Å². The zero-order valence-corrected chi connectivity index (χ0v) is 30.1. The van der Waals surface area contributed by atoms with Gasteiger partial charge in [0.1, 0.15) is 0 Å². The SMILES string of the molecule is COC(=O)c1ccc(CN(c2ccc3c(c2)OCO3)S(C)(=O)=O)nc1.COC(=O)c1ccc(CNc2ccc3c(c2)OCO3)nc1.CS(=O)(=O)Cl. The first-order valence-electron chi connectivity index (χ1n) is 14.6. The third-order valence-corrected chi connectivity index (χ3v) is 7.83. The molecule has 4 heterocycles. The van der Waals surface area contributed by atoms with E-state index in [4.69, 9.17) is 18.9 Å². The van der Waals surface area contributed by atoms with Gasteiger partial charge in [0, 0.05) is 40.9 Å². The van der Waals surface area contributed by atoms with E-state index in [1.807, 2.05) is 18.2 Å². The Balaban J connectivity index is 0.000000204. The van der Waals surface area contributed by atoms with Gasteiger partial charge >= 0.3 is 11.9 Å². The number of hydrogen-bond donors (Lipinski definition) is 1. The number of carbonyl (C=O) groups excluding carboxylic acids is 2. The molecule has 0 aliphatic carbocycles. The fourth-order valence-corrected chi connectivity index (χ4v) is 5.17. The molecule has 0 fully saturated rings. The summed E-state index contributed by atoms with van der Waals surface area (Å²) in [5.41, 5.74) is 3.38. The van der Waals surface area contributed by atoms with Crippen LogP contribution in [0.5, 0.6) is 23.0 Å². The number of hydrogen-bond acceptors (Lipinski definition) is 15. The molecule has 1 N–H and O–H groups in total. The van der Waals surface area contributed by atoms with Gasteiger partial charge in [-0.3, -0.25) is 14.3 Å². The number of benzene rings is 2. The molecule has 0 saturated carbocycles. The predicted octanol–water partition coefficient (Wildman–Crippen LogP) is 3.96. The Morgan fingerprint density at radius 1 is 0.745 bits per heavy atom. The monoisotopic (exact) mass is 764 g/mol. The van der Waals surface area contributed by atoms with Crippen molar-refractivity contribution in [1.82, 2.24) is 9.97 Å². The molecule has 0 saturated heterocycles. The van der Waals surface area contributed by atoms with E-state index in [2.05, 4.69) is 35.4 Å². The highest BCUT2D eigenvalue weighted by atomic mass is 35.7. The zero-order chi connectivity index (χ0) is 37.2. The van der Waals surface area contributed by atoms with Crippen LogP contribution < -0.4 is 28.6 Å².